The number of aliphatic carboxylic acids is 1. The van der Waals surface area contributed by atoms with Crippen molar-refractivity contribution in [3.8, 4) is 0 Å². The first-order valence-corrected chi connectivity index (χ1v) is 7.63. The number of carbonyl (C=O) groups is 1. The molecule has 0 aliphatic carbocycles. The van der Waals surface area contributed by atoms with Gasteiger partial charge in [0.15, 0.2) is 0 Å². The first kappa shape index (κ1) is 15.5. The topological polar surface area (TPSA) is 43.8 Å². The Morgan fingerprint density at radius 3 is 2.45 bits per heavy atom. The summed E-state index contributed by atoms with van der Waals surface area (Å²) in [6.45, 7) is 5.76. The third-order valence-corrected chi connectivity index (χ3v) is 4.84. The molecule has 0 amide bonds. The maximum absolute atomic E-state index is 11.4. The summed E-state index contributed by atoms with van der Waals surface area (Å²) in [5.74, 6) is -0.762. The molecule has 1 aliphatic heterocycles. The third kappa shape index (κ3) is 3.22. The maximum Gasteiger partial charge on any atom is 0.305 e. The molecule has 1 aromatic carbocycles. The SMILES string of the molecule is CN1CCN(C(C)(CC(=O)O)c2ccccc2Br)CC1. The molecule has 0 radical (unpaired) electrons. The molecule has 1 N–H and O–H groups in total. The molecular weight excluding hydrogens is 320 g/mol. The zero-order chi connectivity index (χ0) is 14.8. The molecule has 110 valence electrons. The highest BCUT2D eigenvalue weighted by Crippen LogP contribution is 2.36. The number of rotatable bonds is 4. The van der Waals surface area contributed by atoms with Gasteiger partial charge in [-0.1, -0.05) is 34.1 Å². The summed E-state index contributed by atoms with van der Waals surface area (Å²) < 4.78 is 0.975. The number of hydrogen-bond acceptors (Lipinski definition) is 3. The fourth-order valence-electron chi connectivity index (χ4n) is 2.87. The Hall–Kier alpha value is -0.910. The largest absolute Gasteiger partial charge is 0.481 e. The second-order valence-electron chi connectivity index (χ2n) is 5.61. The van der Waals surface area contributed by atoms with Gasteiger partial charge in [-0.05, 0) is 25.6 Å². The minimum absolute atomic E-state index is 0.110. The average molecular weight is 341 g/mol. The van der Waals surface area contributed by atoms with Crippen molar-refractivity contribution in [3.05, 3.63) is 34.3 Å². The predicted molar refractivity (Wildman–Crippen MR) is 82.8 cm³/mol. The molecule has 1 saturated heterocycles. The molecule has 1 heterocycles. The van der Waals surface area contributed by atoms with Crippen molar-refractivity contribution in [1.82, 2.24) is 9.80 Å². The Morgan fingerprint density at radius 2 is 1.90 bits per heavy atom. The van der Waals surface area contributed by atoms with Crippen molar-refractivity contribution in [1.29, 1.82) is 0 Å². The quantitative estimate of drug-likeness (QED) is 0.913. The molecule has 1 unspecified atom stereocenters. The van der Waals surface area contributed by atoms with Crippen LogP contribution in [0.15, 0.2) is 28.7 Å². The second-order valence-corrected chi connectivity index (χ2v) is 6.47. The molecule has 4 nitrogen and oxygen atoms in total. The third-order valence-electron chi connectivity index (χ3n) is 4.15. The summed E-state index contributed by atoms with van der Waals surface area (Å²) in [6.07, 6.45) is 0.110. The highest BCUT2D eigenvalue weighted by Gasteiger charge is 2.38. The van der Waals surface area contributed by atoms with E-state index in [1.165, 1.54) is 0 Å². The summed E-state index contributed by atoms with van der Waals surface area (Å²) in [5.41, 5.74) is 0.569. The van der Waals surface area contributed by atoms with Crippen LogP contribution in [0.4, 0.5) is 0 Å². The number of benzene rings is 1. The van der Waals surface area contributed by atoms with E-state index in [1.54, 1.807) is 0 Å². The molecule has 1 atom stereocenters. The first-order valence-electron chi connectivity index (χ1n) is 6.84. The minimum Gasteiger partial charge on any atom is -0.481 e. The summed E-state index contributed by atoms with van der Waals surface area (Å²) in [4.78, 5) is 15.9. The van der Waals surface area contributed by atoms with E-state index < -0.39 is 11.5 Å². The van der Waals surface area contributed by atoms with Gasteiger partial charge in [-0.2, -0.15) is 0 Å². The molecule has 0 bridgehead atoms. The van der Waals surface area contributed by atoms with Crippen LogP contribution >= 0.6 is 15.9 Å². The van der Waals surface area contributed by atoms with Crippen molar-refractivity contribution < 1.29 is 9.90 Å². The van der Waals surface area contributed by atoms with Gasteiger partial charge in [0.05, 0.1) is 12.0 Å². The van der Waals surface area contributed by atoms with E-state index in [4.69, 9.17) is 0 Å². The van der Waals surface area contributed by atoms with E-state index in [9.17, 15) is 9.90 Å². The van der Waals surface area contributed by atoms with Gasteiger partial charge in [-0.15, -0.1) is 0 Å². The normalized spacial score (nSPS) is 20.6. The first-order chi connectivity index (χ1) is 9.43. The van der Waals surface area contributed by atoms with Gasteiger partial charge >= 0.3 is 5.97 Å². The van der Waals surface area contributed by atoms with Crippen LogP contribution in [0.3, 0.4) is 0 Å². The number of piperazine rings is 1. The van der Waals surface area contributed by atoms with Crippen LogP contribution in [0.1, 0.15) is 18.9 Å². The van der Waals surface area contributed by atoms with Crippen LogP contribution in [0.5, 0.6) is 0 Å². The predicted octanol–water partition coefficient (Wildman–Crippen LogP) is 2.39. The molecule has 20 heavy (non-hydrogen) atoms. The van der Waals surface area contributed by atoms with Gasteiger partial charge in [0.25, 0.3) is 0 Å². The van der Waals surface area contributed by atoms with Crippen LogP contribution in [-0.4, -0.2) is 54.1 Å². The van der Waals surface area contributed by atoms with Gasteiger partial charge in [-0.3, -0.25) is 9.69 Å². The monoisotopic (exact) mass is 340 g/mol. The highest BCUT2D eigenvalue weighted by atomic mass is 79.9. The number of likely N-dealkylation sites (N-methyl/N-ethyl adjacent to an activating group) is 1. The van der Waals surface area contributed by atoms with E-state index in [-0.39, 0.29) is 6.42 Å². The molecule has 0 saturated carbocycles. The van der Waals surface area contributed by atoms with E-state index >= 15 is 0 Å². The summed E-state index contributed by atoms with van der Waals surface area (Å²) >= 11 is 3.57. The van der Waals surface area contributed by atoms with Gasteiger partial charge < -0.3 is 10.0 Å². The van der Waals surface area contributed by atoms with Gasteiger partial charge in [-0.25, -0.2) is 0 Å². The van der Waals surface area contributed by atoms with E-state index in [0.29, 0.717) is 0 Å². The zero-order valence-corrected chi connectivity index (χ0v) is 13.6. The van der Waals surface area contributed by atoms with E-state index in [0.717, 1.165) is 36.2 Å². The molecular formula is C15H21BrN2O2. The number of carboxylic acids is 1. The van der Waals surface area contributed by atoms with E-state index in [2.05, 4.69) is 32.8 Å². The molecule has 1 aromatic rings. The number of halogens is 1. The Bertz CT molecular complexity index is 487. The Morgan fingerprint density at radius 1 is 1.30 bits per heavy atom. The van der Waals surface area contributed by atoms with Gasteiger partial charge in [0.1, 0.15) is 0 Å². The molecule has 0 aromatic heterocycles. The van der Waals surface area contributed by atoms with Gasteiger partial charge in [0.2, 0.25) is 0 Å². The van der Waals surface area contributed by atoms with Gasteiger partial charge in [0, 0.05) is 30.7 Å². The minimum atomic E-state index is -0.762. The van der Waals surface area contributed by atoms with Crippen LogP contribution in [0.25, 0.3) is 0 Å². The second kappa shape index (κ2) is 6.24. The van der Waals surface area contributed by atoms with Crippen molar-refractivity contribution in [3.63, 3.8) is 0 Å². The lowest BCUT2D eigenvalue weighted by Crippen LogP contribution is -2.54. The fraction of sp³-hybridized carbons (Fsp3) is 0.533. The smallest absolute Gasteiger partial charge is 0.305 e. The number of nitrogens with zero attached hydrogens (tertiary/aromatic N) is 2. The van der Waals surface area contributed by atoms with Crippen molar-refractivity contribution >= 4 is 21.9 Å². The molecule has 0 spiro atoms. The summed E-state index contributed by atoms with van der Waals surface area (Å²) in [5, 5.41) is 9.33. The highest BCUT2D eigenvalue weighted by molar-refractivity contribution is 9.10. The van der Waals surface area contributed by atoms with Crippen molar-refractivity contribution in [2.24, 2.45) is 0 Å². The zero-order valence-electron chi connectivity index (χ0n) is 12.0. The Kier molecular flexibility index (Phi) is 4.83. The van der Waals surface area contributed by atoms with Crippen LogP contribution in [0.2, 0.25) is 0 Å². The molecule has 2 rings (SSSR count). The lowest BCUT2D eigenvalue weighted by molar-refractivity contribution is -0.140. The lowest BCUT2D eigenvalue weighted by atomic mass is 9.86. The molecule has 1 fully saturated rings. The lowest BCUT2D eigenvalue weighted by Gasteiger charge is -2.45. The standard InChI is InChI=1S/C15H21BrN2O2/c1-15(11-14(19)20,12-5-3-4-6-13(12)16)18-9-7-17(2)8-10-18/h3-6H,7-11H2,1-2H3,(H,19,20). The summed E-state index contributed by atoms with van der Waals surface area (Å²) in [6, 6.07) is 7.92. The number of hydrogen-bond donors (Lipinski definition) is 1. The fourth-order valence-corrected chi connectivity index (χ4v) is 3.58. The number of carboxylic acid groups (broad SMARTS) is 1. The van der Waals surface area contributed by atoms with Crippen molar-refractivity contribution in [2.75, 3.05) is 33.2 Å². The summed E-state index contributed by atoms with van der Waals surface area (Å²) in [7, 11) is 2.10. The molecule has 5 heteroatoms. The van der Waals surface area contributed by atoms with Crippen LogP contribution in [0, 0.1) is 0 Å². The van der Waals surface area contributed by atoms with Crippen LogP contribution in [-0.2, 0) is 10.3 Å². The van der Waals surface area contributed by atoms with Crippen molar-refractivity contribution in [2.45, 2.75) is 18.9 Å². The average Bonchev–Trinajstić information content (AvgIpc) is 2.39. The van der Waals surface area contributed by atoms with E-state index in [1.807, 2.05) is 31.2 Å². The van der Waals surface area contributed by atoms with Crippen LogP contribution < -0.4 is 0 Å². The Labute approximate surface area is 128 Å². The maximum atomic E-state index is 11.4. The Balaban J connectivity index is 2.35. The molecule has 1 aliphatic rings.